The Morgan fingerprint density at radius 3 is 1.34 bits per heavy atom. The van der Waals surface area contributed by atoms with Gasteiger partial charge in [-0.05, 0) is 77.6 Å². The van der Waals surface area contributed by atoms with Gasteiger partial charge in [-0.3, -0.25) is 4.79 Å². The van der Waals surface area contributed by atoms with Crippen molar-refractivity contribution in [3.8, 4) is 0 Å². The molecule has 2 aliphatic rings. The molecule has 12 unspecified atom stereocenters. The number of amides is 1. The lowest BCUT2D eigenvalue weighted by atomic mass is 9.97. The molecule has 2 rings (SSSR count). The molecule has 0 aromatic rings. The van der Waals surface area contributed by atoms with Crippen LogP contribution in [0, 0.1) is 0 Å². The van der Waals surface area contributed by atoms with Crippen LogP contribution < -0.4 is 5.32 Å². The Kier molecular flexibility index (Phi) is 48.2. The number of carbonyl (C=O) groups is 1. The molecule has 0 aromatic carbocycles. The maximum atomic E-state index is 13.2. The molecule has 0 aromatic heterocycles. The molecular weight excluding hydrogens is 1040 g/mol. The zero-order valence-electron chi connectivity index (χ0n) is 51.2. The van der Waals surface area contributed by atoms with Crippen LogP contribution in [0.5, 0.6) is 0 Å². The largest absolute Gasteiger partial charge is 0.394 e. The van der Waals surface area contributed by atoms with Crippen molar-refractivity contribution >= 4 is 5.91 Å². The monoisotopic (exact) mass is 1160 g/mol. The summed E-state index contributed by atoms with van der Waals surface area (Å²) in [6.45, 7) is 2.42. The van der Waals surface area contributed by atoms with Crippen molar-refractivity contribution < 1.29 is 64.6 Å². The van der Waals surface area contributed by atoms with E-state index in [4.69, 9.17) is 18.9 Å². The van der Waals surface area contributed by atoms with Gasteiger partial charge in [0, 0.05) is 6.42 Å². The maximum Gasteiger partial charge on any atom is 0.220 e. The van der Waals surface area contributed by atoms with Crippen molar-refractivity contribution in [3.05, 3.63) is 85.1 Å². The molecule has 0 saturated carbocycles. The Balaban J connectivity index is 1.52. The number of nitrogens with one attached hydrogen (secondary N) is 1. The molecule has 2 heterocycles. The Morgan fingerprint density at radius 2 is 0.866 bits per heavy atom. The number of carbonyl (C=O) groups excluding carboxylic acids is 1. The average molecular weight is 1160 g/mol. The van der Waals surface area contributed by atoms with Crippen LogP contribution in [0.15, 0.2) is 85.1 Å². The highest BCUT2D eigenvalue weighted by atomic mass is 16.7. The molecule has 14 nitrogen and oxygen atoms in total. The average Bonchev–Trinajstić information content (AvgIpc) is 3.24. The van der Waals surface area contributed by atoms with Crippen LogP contribution in [0.1, 0.15) is 245 Å². The van der Waals surface area contributed by atoms with Gasteiger partial charge in [-0.1, -0.05) is 246 Å². The fraction of sp³-hybridized carbons (Fsp3) is 0.779. The molecule has 0 bridgehead atoms. The summed E-state index contributed by atoms with van der Waals surface area (Å²) in [5.74, 6) is -0.255. The number of aliphatic hydroxyl groups excluding tert-OH is 8. The molecular formula is C68H119NO13. The molecule has 82 heavy (non-hydrogen) atoms. The van der Waals surface area contributed by atoms with Crippen LogP contribution in [0.2, 0.25) is 0 Å². The highest BCUT2D eigenvalue weighted by Crippen LogP contribution is 2.30. The van der Waals surface area contributed by atoms with Gasteiger partial charge >= 0.3 is 0 Å². The Bertz CT molecular complexity index is 1700. The molecule has 474 valence electrons. The predicted molar refractivity (Wildman–Crippen MR) is 332 cm³/mol. The minimum Gasteiger partial charge on any atom is -0.394 e. The summed E-state index contributed by atoms with van der Waals surface area (Å²) in [7, 11) is 0. The van der Waals surface area contributed by atoms with Gasteiger partial charge in [-0.2, -0.15) is 0 Å². The maximum absolute atomic E-state index is 13.2. The third kappa shape index (κ3) is 36.9. The van der Waals surface area contributed by atoms with Gasteiger partial charge < -0.3 is 65.1 Å². The van der Waals surface area contributed by atoms with Gasteiger partial charge in [0.25, 0.3) is 0 Å². The van der Waals surface area contributed by atoms with E-state index in [1.807, 2.05) is 19.1 Å². The fourth-order valence-electron chi connectivity index (χ4n) is 10.4. The van der Waals surface area contributed by atoms with Gasteiger partial charge in [0.2, 0.25) is 5.91 Å². The summed E-state index contributed by atoms with van der Waals surface area (Å²) < 4.78 is 22.7. The van der Waals surface area contributed by atoms with E-state index in [1.165, 1.54) is 148 Å². The van der Waals surface area contributed by atoms with E-state index in [0.717, 1.165) is 64.2 Å². The molecule has 14 heteroatoms. The lowest BCUT2D eigenvalue weighted by molar-refractivity contribution is -0.359. The van der Waals surface area contributed by atoms with E-state index < -0.39 is 86.8 Å². The summed E-state index contributed by atoms with van der Waals surface area (Å²) in [6, 6.07) is -0.937. The van der Waals surface area contributed by atoms with Gasteiger partial charge in [0.1, 0.15) is 48.8 Å². The van der Waals surface area contributed by atoms with E-state index in [1.54, 1.807) is 6.08 Å². The Hall–Kier alpha value is -2.83. The van der Waals surface area contributed by atoms with Crippen LogP contribution in [-0.2, 0) is 23.7 Å². The second-order valence-corrected chi connectivity index (χ2v) is 22.9. The van der Waals surface area contributed by atoms with Crippen molar-refractivity contribution in [1.82, 2.24) is 5.32 Å². The molecule has 9 N–H and O–H groups in total. The molecule has 2 aliphatic heterocycles. The molecule has 2 saturated heterocycles. The van der Waals surface area contributed by atoms with Crippen LogP contribution in [0.25, 0.3) is 0 Å². The van der Waals surface area contributed by atoms with Gasteiger partial charge in [-0.15, -0.1) is 0 Å². The molecule has 1 amide bonds. The highest BCUT2D eigenvalue weighted by molar-refractivity contribution is 5.76. The second-order valence-electron chi connectivity index (χ2n) is 22.9. The normalized spacial score (nSPS) is 24.5. The molecule has 0 aliphatic carbocycles. The number of hydrogen-bond donors (Lipinski definition) is 9. The Morgan fingerprint density at radius 1 is 0.463 bits per heavy atom. The van der Waals surface area contributed by atoms with Crippen LogP contribution in [0.3, 0.4) is 0 Å². The summed E-state index contributed by atoms with van der Waals surface area (Å²) in [5, 5.41) is 86.8. The standard InChI is InChI=1S/C68H119NO13/c1-3-5-7-9-11-13-14-15-16-17-18-19-20-21-22-23-24-25-26-27-28-29-30-31-32-33-34-35-36-37-38-39-40-41-42-44-46-48-50-52-60(73)69-56(57(72)51-49-47-45-43-12-10-8-6-4-2)55-79-67-65(78)63(76)66(59(54-71)81-67)82-68-64(77)62(75)61(74)58(53-70)80-68/h4-7,11-13,15-16,18-19,43,49,51,56-59,61-68,70-72,74-78H,3,8-10,14,17,20-42,44-48,50,52-55H2,1-2H3,(H,69,73)/b6-4+,7-5-,13-11-,16-15-,19-18-,43-12+,51-49+. The van der Waals surface area contributed by atoms with Crippen molar-refractivity contribution in [3.63, 3.8) is 0 Å². The second kappa shape index (κ2) is 52.5. The first-order valence-corrected chi connectivity index (χ1v) is 32.8. The molecule has 2 fully saturated rings. The molecule has 12 atom stereocenters. The minimum atomic E-state index is -1.79. The minimum absolute atomic E-state index is 0.255. The number of hydrogen-bond acceptors (Lipinski definition) is 13. The first-order valence-electron chi connectivity index (χ1n) is 32.8. The topological polar surface area (TPSA) is 228 Å². The number of rotatable bonds is 52. The van der Waals surface area contributed by atoms with E-state index in [0.29, 0.717) is 12.8 Å². The van der Waals surface area contributed by atoms with Gasteiger partial charge in [0.15, 0.2) is 12.6 Å². The Labute approximate surface area is 497 Å². The lowest BCUT2D eigenvalue weighted by Gasteiger charge is -2.46. The van der Waals surface area contributed by atoms with Crippen molar-refractivity contribution in [2.75, 3.05) is 19.8 Å². The van der Waals surface area contributed by atoms with Crippen molar-refractivity contribution in [1.29, 1.82) is 0 Å². The van der Waals surface area contributed by atoms with Gasteiger partial charge in [-0.25, -0.2) is 0 Å². The summed E-state index contributed by atoms with van der Waals surface area (Å²) in [5.41, 5.74) is 0. The van der Waals surface area contributed by atoms with Crippen LogP contribution >= 0.6 is 0 Å². The zero-order chi connectivity index (χ0) is 59.5. The van der Waals surface area contributed by atoms with E-state index in [9.17, 15) is 45.6 Å². The molecule has 0 radical (unpaired) electrons. The smallest absolute Gasteiger partial charge is 0.220 e. The number of allylic oxidation sites excluding steroid dienone is 13. The number of unbranched alkanes of at least 4 members (excludes halogenated alkanes) is 28. The lowest BCUT2D eigenvalue weighted by Crippen LogP contribution is -2.65. The summed E-state index contributed by atoms with van der Waals surface area (Å²) >= 11 is 0. The zero-order valence-corrected chi connectivity index (χ0v) is 51.2. The van der Waals surface area contributed by atoms with E-state index in [-0.39, 0.29) is 18.9 Å². The van der Waals surface area contributed by atoms with Crippen LogP contribution in [0.4, 0.5) is 0 Å². The van der Waals surface area contributed by atoms with Gasteiger partial charge in [0.05, 0.1) is 32.0 Å². The first kappa shape index (κ1) is 75.3. The van der Waals surface area contributed by atoms with Crippen molar-refractivity contribution in [2.45, 2.75) is 319 Å². The fourth-order valence-corrected chi connectivity index (χ4v) is 10.4. The SMILES string of the molecule is C/C=C/CC/C=C/CC/C=C/C(O)C(COC1OC(CO)C(OC2OC(CO)C(O)C(O)C2O)C(O)C1O)NC(=O)CCCCCCCCCCCCCCCCCCCCCCCCCCCC/C=C\C/C=C\C/C=C\C/C=C\CC. The summed E-state index contributed by atoms with van der Waals surface area (Å²) in [4.78, 5) is 13.2. The first-order chi connectivity index (χ1) is 40.1. The van der Waals surface area contributed by atoms with Crippen LogP contribution in [-0.4, -0.2) is 140 Å². The van der Waals surface area contributed by atoms with E-state index >= 15 is 0 Å². The summed E-state index contributed by atoms with van der Waals surface area (Å²) in [6.07, 6.45) is 55.7. The quantitative estimate of drug-likeness (QED) is 0.0204. The third-order valence-electron chi connectivity index (χ3n) is 15.6. The third-order valence-corrected chi connectivity index (χ3v) is 15.6. The number of ether oxygens (including phenoxy) is 4. The number of aliphatic hydroxyl groups is 8. The highest BCUT2D eigenvalue weighted by Gasteiger charge is 2.51. The molecule has 0 spiro atoms. The van der Waals surface area contributed by atoms with E-state index in [2.05, 4.69) is 79.1 Å². The van der Waals surface area contributed by atoms with Crippen molar-refractivity contribution in [2.24, 2.45) is 0 Å². The predicted octanol–water partition coefficient (Wildman–Crippen LogP) is 12.4.